The van der Waals surface area contributed by atoms with E-state index in [4.69, 9.17) is 4.52 Å². The first-order valence-electron chi connectivity index (χ1n) is 6.39. The lowest BCUT2D eigenvalue weighted by Crippen LogP contribution is -1.86. The summed E-state index contributed by atoms with van der Waals surface area (Å²) in [6.07, 6.45) is 2.92. The Hall–Kier alpha value is -2.82. The lowest BCUT2D eigenvalue weighted by Gasteiger charge is -1.98. The summed E-state index contributed by atoms with van der Waals surface area (Å²) in [5.74, 6) is 0.303. The molecule has 0 amide bonds. The molecular weight excluding hydrogens is 269 g/mol. The maximum Gasteiger partial charge on any atom is 0.214 e. The Morgan fingerprint density at radius 1 is 1.14 bits per heavy atom. The third kappa shape index (κ3) is 3.02. The second-order valence-corrected chi connectivity index (χ2v) is 4.57. The molecule has 1 aromatic heterocycles. The predicted octanol–water partition coefficient (Wildman–Crippen LogP) is 3.93. The summed E-state index contributed by atoms with van der Waals surface area (Å²) in [5, 5.41) is 3.76. The quantitative estimate of drug-likeness (QED) is 0.683. The molecule has 0 radical (unpaired) electrons. The van der Waals surface area contributed by atoms with E-state index in [1.54, 1.807) is 19.2 Å². The first-order chi connectivity index (χ1) is 10.2. The zero-order valence-corrected chi connectivity index (χ0v) is 11.3. The third-order valence-electron chi connectivity index (χ3n) is 3.05. The molecule has 0 unspecified atom stereocenters. The molecule has 3 aromatic rings. The Labute approximate surface area is 121 Å². The van der Waals surface area contributed by atoms with Gasteiger partial charge in [-0.3, -0.25) is 4.99 Å². The zero-order chi connectivity index (χ0) is 14.7. The van der Waals surface area contributed by atoms with E-state index in [0.717, 1.165) is 16.8 Å². The van der Waals surface area contributed by atoms with Crippen molar-refractivity contribution in [2.24, 2.45) is 4.99 Å². The summed E-state index contributed by atoms with van der Waals surface area (Å²) in [7, 11) is 0. The van der Waals surface area contributed by atoms with E-state index in [1.165, 1.54) is 12.5 Å². The minimum atomic E-state index is -0.230. The van der Waals surface area contributed by atoms with E-state index in [0.29, 0.717) is 11.4 Å². The molecule has 0 spiro atoms. The van der Waals surface area contributed by atoms with Gasteiger partial charge in [0.05, 0.1) is 5.69 Å². The van der Waals surface area contributed by atoms with Crippen LogP contribution in [0.3, 0.4) is 0 Å². The van der Waals surface area contributed by atoms with Gasteiger partial charge in [-0.25, -0.2) is 4.39 Å². The summed E-state index contributed by atoms with van der Waals surface area (Å²) >= 11 is 0. The normalized spacial score (nSPS) is 11.1. The molecule has 4 nitrogen and oxygen atoms in total. The molecule has 0 saturated heterocycles. The molecule has 1 heterocycles. The van der Waals surface area contributed by atoms with Gasteiger partial charge in [-0.1, -0.05) is 17.3 Å². The minimum Gasteiger partial charge on any atom is -0.342 e. The fourth-order valence-electron chi connectivity index (χ4n) is 1.83. The molecule has 5 heteroatoms. The van der Waals surface area contributed by atoms with Crippen LogP contribution < -0.4 is 0 Å². The van der Waals surface area contributed by atoms with Crippen LogP contribution in [0.2, 0.25) is 0 Å². The molecule has 21 heavy (non-hydrogen) atoms. The van der Waals surface area contributed by atoms with E-state index in [9.17, 15) is 4.39 Å². The summed E-state index contributed by atoms with van der Waals surface area (Å²) < 4.78 is 18.1. The average Bonchev–Trinajstić information content (AvgIpc) is 3.03. The predicted molar refractivity (Wildman–Crippen MR) is 78.1 cm³/mol. The molecule has 0 aliphatic rings. The first kappa shape index (κ1) is 13.2. The van der Waals surface area contributed by atoms with Gasteiger partial charge in [-0.15, -0.1) is 0 Å². The highest BCUT2D eigenvalue weighted by Crippen LogP contribution is 2.19. The summed E-state index contributed by atoms with van der Waals surface area (Å²) in [5.41, 5.74) is 2.96. The highest BCUT2D eigenvalue weighted by molar-refractivity contribution is 5.82. The number of hydrogen-bond acceptors (Lipinski definition) is 4. The molecule has 0 atom stereocenters. The molecule has 104 valence electrons. The fourth-order valence-corrected chi connectivity index (χ4v) is 1.83. The summed E-state index contributed by atoms with van der Waals surface area (Å²) in [6.45, 7) is 1.73. The Bertz CT molecular complexity index is 765. The van der Waals surface area contributed by atoms with E-state index < -0.39 is 0 Å². The van der Waals surface area contributed by atoms with Crippen molar-refractivity contribution in [3.8, 4) is 11.4 Å². The van der Waals surface area contributed by atoms with Crippen molar-refractivity contribution < 1.29 is 8.91 Å². The molecule has 0 aliphatic carbocycles. The van der Waals surface area contributed by atoms with Crippen LogP contribution in [0, 0.1) is 12.7 Å². The van der Waals surface area contributed by atoms with Crippen LogP contribution >= 0.6 is 0 Å². The highest BCUT2D eigenvalue weighted by Gasteiger charge is 2.02. The third-order valence-corrected chi connectivity index (χ3v) is 3.05. The van der Waals surface area contributed by atoms with E-state index in [1.807, 2.05) is 30.3 Å². The fraction of sp³-hybridized carbons (Fsp3) is 0.0625. The molecule has 0 aliphatic heterocycles. The van der Waals surface area contributed by atoms with Gasteiger partial charge in [0.15, 0.2) is 0 Å². The Balaban J connectivity index is 1.78. The van der Waals surface area contributed by atoms with Crippen LogP contribution in [0.15, 0.2) is 58.4 Å². The van der Waals surface area contributed by atoms with Crippen molar-refractivity contribution >= 4 is 11.9 Å². The topological polar surface area (TPSA) is 51.3 Å². The molecular formula is C16H12FN3O. The van der Waals surface area contributed by atoms with Crippen LogP contribution in [0.1, 0.15) is 11.1 Å². The van der Waals surface area contributed by atoms with Gasteiger partial charge in [0.2, 0.25) is 12.2 Å². The second kappa shape index (κ2) is 5.66. The number of rotatable bonds is 3. The molecule has 0 fully saturated rings. The molecule has 2 aromatic carbocycles. The maximum atomic E-state index is 13.4. The maximum absolute atomic E-state index is 13.4. The molecule has 0 bridgehead atoms. The van der Waals surface area contributed by atoms with Crippen molar-refractivity contribution in [1.82, 2.24) is 10.1 Å². The lowest BCUT2D eigenvalue weighted by atomic mass is 10.1. The lowest BCUT2D eigenvalue weighted by molar-refractivity contribution is 0.419. The Kier molecular flexibility index (Phi) is 3.55. The van der Waals surface area contributed by atoms with Crippen molar-refractivity contribution in [2.45, 2.75) is 6.92 Å². The smallest absolute Gasteiger partial charge is 0.214 e. The van der Waals surface area contributed by atoms with Gasteiger partial charge in [-0.05, 0) is 48.4 Å². The van der Waals surface area contributed by atoms with E-state index >= 15 is 0 Å². The number of aliphatic imine (C=N–C) groups is 1. The van der Waals surface area contributed by atoms with Crippen LogP contribution in [0.4, 0.5) is 10.1 Å². The number of hydrogen-bond donors (Lipinski definition) is 0. The van der Waals surface area contributed by atoms with Gasteiger partial charge >= 0.3 is 0 Å². The average molecular weight is 281 g/mol. The highest BCUT2D eigenvalue weighted by atomic mass is 19.1. The number of nitrogens with zero attached hydrogens (tertiary/aromatic N) is 3. The number of halogens is 1. The van der Waals surface area contributed by atoms with Gasteiger partial charge in [0.1, 0.15) is 5.82 Å². The SMILES string of the molecule is Cc1ccc(C=Nc2ccc(-c3ncon3)cc2)cc1F. The van der Waals surface area contributed by atoms with Gasteiger partial charge in [0, 0.05) is 11.8 Å². The first-order valence-corrected chi connectivity index (χ1v) is 6.39. The largest absolute Gasteiger partial charge is 0.342 e. The Morgan fingerprint density at radius 2 is 1.95 bits per heavy atom. The van der Waals surface area contributed by atoms with Crippen molar-refractivity contribution in [3.05, 3.63) is 65.8 Å². The van der Waals surface area contributed by atoms with Crippen LogP contribution in [-0.2, 0) is 0 Å². The molecule has 3 rings (SSSR count). The Morgan fingerprint density at radius 3 is 2.62 bits per heavy atom. The van der Waals surface area contributed by atoms with Gasteiger partial charge < -0.3 is 4.52 Å². The molecule has 0 saturated carbocycles. The van der Waals surface area contributed by atoms with E-state index in [2.05, 4.69) is 15.1 Å². The second-order valence-electron chi connectivity index (χ2n) is 4.57. The summed E-state index contributed by atoms with van der Waals surface area (Å²) in [4.78, 5) is 8.28. The summed E-state index contributed by atoms with van der Waals surface area (Å²) in [6, 6.07) is 12.4. The number of aryl methyl sites for hydroxylation is 1. The van der Waals surface area contributed by atoms with Crippen molar-refractivity contribution in [2.75, 3.05) is 0 Å². The number of benzene rings is 2. The van der Waals surface area contributed by atoms with Crippen LogP contribution in [-0.4, -0.2) is 16.4 Å². The molecule has 0 N–H and O–H groups in total. The van der Waals surface area contributed by atoms with Crippen LogP contribution in [0.25, 0.3) is 11.4 Å². The van der Waals surface area contributed by atoms with Crippen molar-refractivity contribution in [3.63, 3.8) is 0 Å². The number of aromatic nitrogens is 2. The standard InChI is InChI=1S/C16H12FN3O/c1-11-2-3-12(8-15(11)17)9-18-14-6-4-13(5-7-14)16-19-10-21-20-16/h2-10H,1H3. The van der Waals surface area contributed by atoms with E-state index in [-0.39, 0.29) is 5.82 Å². The van der Waals surface area contributed by atoms with Gasteiger partial charge in [-0.2, -0.15) is 4.98 Å². The monoisotopic (exact) mass is 281 g/mol. The minimum absolute atomic E-state index is 0.230. The van der Waals surface area contributed by atoms with Crippen LogP contribution in [0.5, 0.6) is 0 Å². The zero-order valence-electron chi connectivity index (χ0n) is 11.3. The van der Waals surface area contributed by atoms with Crippen molar-refractivity contribution in [1.29, 1.82) is 0 Å². The van der Waals surface area contributed by atoms with Gasteiger partial charge in [0.25, 0.3) is 0 Å².